The Kier molecular flexibility index (Phi) is 2.57. The van der Waals surface area contributed by atoms with E-state index >= 15 is 0 Å². The molecule has 1 aliphatic rings. The summed E-state index contributed by atoms with van der Waals surface area (Å²) in [5, 5.41) is 9.32. The van der Waals surface area contributed by atoms with Gasteiger partial charge >= 0.3 is 0 Å². The molecule has 0 aromatic carbocycles. The first-order valence-corrected chi connectivity index (χ1v) is 4.64. The Morgan fingerprint density at radius 1 is 1.46 bits per heavy atom. The topological polar surface area (TPSA) is 36.4 Å². The SMILES string of the molecule is O[C@@H]1CCN(Cc2ccncc2)C1. The minimum absolute atomic E-state index is 0.123. The Morgan fingerprint density at radius 2 is 2.23 bits per heavy atom. The van der Waals surface area contributed by atoms with Gasteiger partial charge in [-0.15, -0.1) is 0 Å². The van der Waals surface area contributed by atoms with Crippen LogP contribution >= 0.6 is 0 Å². The number of hydrogen-bond acceptors (Lipinski definition) is 3. The number of rotatable bonds is 2. The summed E-state index contributed by atoms with van der Waals surface area (Å²) < 4.78 is 0. The Labute approximate surface area is 78.0 Å². The average molecular weight is 178 g/mol. The van der Waals surface area contributed by atoms with Gasteiger partial charge in [-0.2, -0.15) is 0 Å². The van der Waals surface area contributed by atoms with Gasteiger partial charge in [-0.1, -0.05) is 0 Å². The van der Waals surface area contributed by atoms with E-state index in [1.807, 2.05) is 24.5 Å². The van der Waals surface area contributed by atoms with Crippen LogP contribution in [0.2, 0.25) is 0 Å². The van der Waals surface area contributed by atoms with Gasteiger partial charge in [0.05, 0.1) is 6.10 Å². The molecule has 2 rings (SSSR count). The van der Waals surface area contributed by atoms with Crippen molar-refractivity contribution in [2.24, 2.45) is 0 Å². The molecule has 0 amide bonds. The van der Waals surface area contributed by atoms with Crippen molar-refractivity contribution in [1.29, 1.82) is 0 Å². The largest absolute Gasteiger partial charge is 0.392 e. The minimum atomic E-state index is -0.123. The molecule has 13 heavy (non-hydrogen) atoms. The standard InChI is InChI=1S/C10H14N2O/c13-10-3-6-12(8-10)7-9-1-4-11-5-2-9/h1-2,4-5,10,13H,3,6-8H2/t10-/m1/s1. The van der Waals surface area contributed by atoms with E-state index in [-0.39, 0.29) is 6.10 Å². The first kappa shape index (κ1) is 8.66. The average Bonchev–Trinajstić information content (AvgIpc) is 2.53. The maximum absolute atomic E-state index is 9.32. The molecular formula is C10H14N2O. The van der Waals surface area contributed by atoms with Crippen molar-refractivity contribution < 1.29 is 5.11 Å². The molecule has 1 aromatic rings. The van der Waals surface area contributed by atoms with E-state index in [2.05, 4.69) is 9.88 Å². The van der Waals surface area contributed by atoms with Crippen LogP contribution < -0.4 is 0 Å². The third-order valence-corrected chi connectivity index (χ3v) is 2.40. The molecule has 70 valence electrons. The Hall–Kier alpha value is -0.930. The summed E-state index contributed by atoms with van der Waals surface area (Å²) in [6.07, 6.45) is 4.40. The van der Waals surface area contributed by atoms with E-state index in [1.54, 1.807) is 0 Å². The summed E-state index contributed by atoms with van der Waals surface area (Å²) in [6.45, 7) is 2.74. The van der Waals surface area contributed by atoms with Crippen molar-refractivity contribution in [3.8, 4) is 0 Å². The summed E-state index contributed by atoms with van der Waals surface area (Å²) in [5.41, 5.74) is 1.27. The second-order valence-electron chi connectivity index (χ2n) is 3.53. The zero-order valence-corrected chi connectivity index (χ0v) is 7.56. The summed E-state index contributed by atoms with van der Waals surface area (Å²) in [7, 11) is 0. The van der Waals surface area contributed by atoms with Crippen molar-refractivity contribution in [3.63, 3.8) is 0 Å². The summed E-state index contributed by atoms with van der Waals surface area (Å²) in [5.74, 6) is 0. The molecule has 1 fully saturated rings. The number of hydrogen-bond donors (Lipinski definition) is 1. The van der Waals surface area contributed by atoms with Crippen LogP contribution in [0.5, 0.6) is 0 Å². The van der Waals surface area contributed by atoms with E-state index in [9.17, 15) is 5.11 Å². The van der Waals surface area contributed by atoms with E-state index in [0.29, 0.717) is 0 Å². The minimum Gasteiger partial charge on any atom is -0.392 e. The fourth-order valence-electron chi connectivity index (χ4n) is 1.70. The molecule has 3 nitrogen and oxygen atoms in total. The van der Waals surface area contributed by atoms with Crippen LogP contribution in [0.1, 0.15) is 12.0 Å². The number of aliphatic hydroxyl groups excluding tert-OH is 1. The van der Waals surface area contributed by atoms with Crippen LogP contribution in [0.25, 0.3) is 0 Å². The first-order chi connectivity index (χ1) is 6.34. The van der Waals surface area contributed by atoms with Gasteiger partial charge in [0.2, 0.25) is 0 Å². The molecule has 1 N–H and O–H groups in total. The zero-order chi connectivity index (χ0) is 9.10. The van der Waals surface area contributed by atoms with Gasteiger partial charge in [0.15, 0.2) is 0 Å². The highest BCUT2D eigenvalue weighted by molar-refractivity contribution is 5.09. The van der Waals surface area contributed by atoms with Crippen molar-refractivity contribution in [1.82, 2.24) is 9.88 Å². The normalized spacial score (nSPS) is 23.6. The van der Waals surface area contributed by atoms with Crippen molar-refractivity contribution >= 4 is 0 Å². The molecule has 0 unspecified atom stereocenters. The summed E-state index contributed by atoms with van der Waals surface area (Å²) >= 11 is 0. The van der Waals surface area contributed by atoms with Crippen LogP contribution in [0.15, 0.2) is 24.5 Å². The smallest absolute Gasteiger partial charge is 0.0679 e. The first-order valence-electron chi connectivity index (χ1n) is 4.64. The van der Waals surface area contributed by atoms with Gasteiger partial charge in [0.1, 0.15) is 0 Å². The van der Waals surface area contributed by atoms with E-state index in [4.69, 9.17) is 0 Å². The lowest BCUT2D eigenvalue weighted by Crippen LogP contribution is -2.21. The Bertz CT molecular complexity index is 263. The number of nitrogens with zero attached hydrogens (tertiary/aromatic N) is 2. The van der Waals surface area contributed by atoms with E-state index < -0.39 is 0 Å². The van der Waals surface area contributed by atoms with Crippen LogP contribution in [0, 0.1) is 0 Å². The fourth-order valence-corrected chi connectivity index (χ4v) is 1.70. The van der Waals surface area contributed by atoms with Gasteiger partial charge < -0.3 is 5.11 Å². The summed E-state index contributed by atoms with van der Waals surface area (Å²) in [6, 6.07) is 4.04. The maximum atomic E-state index is 9.32. The van der Waals surface area contributed by atoms with E-state index in [1.165, 1.54) is 5.56 Å². The number of aromatic nitrogens is 1. The third kappa shape index (κ3) is 2.26. The van der Waals surface area contributed by atoms with Gasteiger partial charge in [0.25, 0.3) is 0 Å². The van der Waals surface area contributed by atoms with Crippen LogP contribution in [0.4, 0.5) is 0 Å². The van der Waals surface area contributed by atoms with Crippen molar-refractivity contribution in [3.05, 3.63) is 30.1 Å². The maximum Gasteiger partial charge on any atom is 0.0679 e. The van der Waals surface area contributed by atoms with Crippen molar-refractivity contribution in [2.45, 2.75) is 19.1 Å². The fraction of sp³-hybridized carbons (Fsp3) is 0.500. The number of β-amino-alcohol motifs (C(OH)–C–C–N with tert-alkyl or cyclic N) is 1. The van der Waals surface area contributed by atoms with E-state index in [0.717, 1.165) is 26.1 Å². The van der Waals surface area contributed by atoms with Crippen molar-refractivity contribution in [2.75, 3.05) is 13.1 Å². The zero-order valence-electron chi connectivity index (χ0n) is 7.56. The molecule has 1 atom stereocenters. The molecule has 1 aromatic heterocycles. The molecule has 1 saturated heterocycles. The molecule has 0 spiro atoms. The highest BCUT2D eigenvalue weighted by atomic mass is 16.3. The lowest BCUT2D eigenvalue weighted by atomic mass is 10.2. The van der Waals surface area contributed by atoms with Crippen LogP contribution in [-0.2, 0) is 6.54 Å². The molecule has 0 bridgehead atoms. The predicted octanol–water partition coefficient (Wildman–Crippen LogP) is 0.648. The molecule has 0 aliphatic carbocycles. The molecule has 0 saturated carbocycles. The van der Waals surface area contributed by atoms with Gasteiger partial charge in [0, 0.05) is 32.0 Å². The van der Waals surface area contributed by atoms with Gasteiger partial charge in [-0.25, -0.2) is 0 Å². The number of aliphatic hydroxyl groups is 1. The quantitative estimate of drug-likeness (QED) is 0.722. The lowest BCUT2D eigenvalue weighted by molar-refractivity contribution is 0.175. The van der Waals surface area contributed by atoms with Crippen LogP contribution in [-0.4, -0.2) is 34.2 Å². The second kappa shape index (κ2) is 3.85. The molecular weight excluding hydrogens is 164 g/mol. The van der Waals surface area contributed by atoms with Crippen LogP contribution in [0.3, 0.4) is 0 Å². The molecule has 0 radical (unpaired) electrons. The highest BCUT2D eigenvalue weighted by Gasteiger charge is 2.19. The predicted molar refractivity (Wildman–Crippen MR) is 50.1 cm³/mol. The van der Waals surface area contributed by atoms with Gasteiger partial charge in [-0.05, 0) is 24.1 Å². The summed E-state index contributed by atoms with van der Waals surface area (Å²) in [4.78, 5) is 6.23. The van der Waals surface area contributed by atoms with Gasteiger partial charge in [-0.3, -0.25) is 9.88 Å². The second-order valence-corrected chi connectivity index (χ2v) is 3.53. The highest BCUT2D eigenvalue weighted by Crippen LogP contribution is 2.12. The molecule has 1 aliphatic heterocycles. The monoisotopic (exact) mass is 178 g/mol. The number of likely N-dealkylation sites (tertiary alicyclic amines) is 1. The lowest BCUT2D eigenvalue weighted by Gasteiger charge is -2.14. The Balaban J connectivity index is 1.92. The molecule has 3 heteroatoms. The Morgan fingerprint density at radius 3 is 2.85 bits per heavy atom. The number of pyridine rings is 1. The third-order valence-electron chi connectivity index (χ3n) is 2.40. The molecule has 2 heterocycles.